The van der Waals surface area contributed by atoms with Crippen LogP contribution in [0, 0.1) is 5.92 Å². The van der Waals surface area contributed by atoms with Gasteiger partial charge in [0, 0.05) is 70.4 Å². The number of likely N-dealkylation sites (tertiary alicyclic amines) is 1. The summed E-state index contributed by atoms with van der Waals surface area (Å²) in [6.07, 6.45) is 2.28. The summed E-state index contributed by atoms with van der Waals surface area (Å²) in [6.45, 7) is 10.7. The Morgan fingerprint density at radius 1 is 1.16 bits per heavy atom. The minimum Gasteiger partial charge on any atom is -0.381 e. The summed E-state index contributed by atoms with van der Waals surface area (Å²) in [4.78, 5) is 9.66. The average molecular weight is 430 g/mol. The first-order valence-electron chi connectivity index (χ1n) is 11.9. The molecule has 0 bridgehead atoms. The second-order valence-electron chi connectivity index (χ2n) is 9.13. The van der Waals surface area contributed by atoms with Gasteiger partial charge < -0.3 is 20.1 Å². The molecule has 3 aliphatic heterocycles. The van der Waals surface area contributed by atoms with E-state index in [4.69, 9.17) is 9.47 Å². The minimum absolute atomic E-state index is 0.418. The van der Waals surface area contributed by atoms with Gasteiger partial charge in [0.2, 0.25) is 0 Å². The molecule has 0 aromatic heterocycles. The number of nitrogens with one attached hydrogen (secondary N) is 2. The molecular weight excluding hydrogens is 390 g/mol. The third-order valence-electron chi connectivity index (χ3n) is 7.00. The van der Waals surface area contributed by atoms with E-state index in [0.717, 1.165) is 78.0 Å². The van der Waals surface area contributed by atoms with E-state index in [1.807, 2.05) is 7.05 Å². The number of benzene rings is 1. The number of rotatable bonds is 7. The van der Waals surface area contributed by atoms with Crippen molar-refractivity contribution in [3.63, 3.8) is 0 Å². The summed E-state index contributed by atoms with van der Waals surface area (Å²) in [5.41, 5.74) is 1.38. The smallest absolute Gasteiger partial charge is 0.191 e. The van der Waals surface area contributed by atoms with E-state index in [-0.39, 0.29) is 0 Å². The standard InChI is InChI=1S/C24H39N5O2/c1-19-14-22(17-29(19)16-20-6-4-3-5-7-20)27-24(25-2)26-15-23(21-8-11-31-18-21)28-9-12-30-13-10-28/h3-7,19,21-23H,8-18H2,1-2H3,(H2,25,26,27). The molecule has 3 aliphatic rings. The lowest BCUT2D eigenvalue weighted by Crippen LogP contribution is -2.54. The van der Waals surface area contributed by atoms with Crippen molar-refractivity contribution in [1.82, 2.24) is 20.4 Å². The predicted octanol–water partition coefficient (Wildman–Crippen LogP) is 1.55. The van der Waals surface area contributed by atoms with Crippen molar-refractivity contribution in [2.24, 2.45) is 10.9 Å². The van der Waals surface area contributed by atoms with Gasteiger partial charge in [0.25, 0.3) is 0 Å². The van der Waals surface area contributed by atoms with Gasteiger partial charge in [-0.2, -0.15) is 0 Å². The van der Waals surface area contributed by atoms with E-state index in [9.17, 15) is 0 Å². The molecule has 172 valence electrons. The number of aliphatic imine (C=N–C) groups is 1. The molecule has 0 spiro atoms. The third-order valence-corrected chi connectivity index (χ3v) is 7.00. The number of hydrogen-bond acceptors (Lipinski definition) is 5. The van der Waals surface area contributed by atoms with Crippen LogP contribution in [0.1, 0.15) is 25.3 Å². The second kappa shape index (κ2) is 11.3. The monoisotopic (exact) mass is 429 g/mol. The molecule has 31 heavy (non-hydrogen) atoms. The normalized spacial score (nSPS) is 29.2. The van der Waals surface area contributed by atoms with Crippen molar-refractivity contribution in [2.75, 3.05) is 59.7 Å². The molecule has 0 saturated carbocycles. The van der Waals surface area contributed by atoms with Crippen molar-refractivity contribution in [3.05, 3.63) is 35.9 Å². The molecule has 2 N–H and O–H groups in total. The van der Waals surface area contributed by atoms with Gasteiger partial charge in [-0.25, -0.2) is 0 Å². The fourth-order valence-corrected chi connectivity index (χ4v) is 5.19. The third kappa shape index (κ3) is 6.19. The molecule has 4 unspecified atom stereocenters. The number of morpholine rings is 1. The number of ether oxygens (including phenoxy) is 2. The maximum absolute atomic E-state index is 5.70. The Hall–Kier alpha value is -1.67. The van der Waals surface area contributed by atoms with Crippen molar-refractivity contribution < 1.29 is 9.47 Å². The van der Waals surface area contributed by atoms with Gasteiger partial charge in [-0.05, 0) is 25.3 Å². The fourth-order valence-electron chi connectivity index (χ4n) is 5.19. The van der Waals surface area contributed by atoms with Crippen LogP contribution in [0.2, 0.25) is 0 Å². The van der Waals surface area contributed by atoms with Gasteiger partial charge in [0.15, 0.2) is 5.96 Å². The van der Waals surface area contributed by atoms with E-state index in [0.29, 0.717) is 24.0 Å². The molecule has 1 aromatic rings. The van der Waals surface area contributed by atoms with Crippen LogP contribution >= 0.6 is 0 Å². The summed E-state index contributed by atoms with van der Waals surface area (Å²) in [6, 6.07) is 12.2. The van der Waals surface area contributed by atoms with Crippen molar-refractivity contribution in [3.8, 4) is 0 Å². The van der Waals surface area contributed by atoms with Gasteiger partial charge in [0.1, 0.15) is 0 Å². The van der Waals surface area contributed by atoms with Gasteiger partial charge in [-0.15, -0.1) is 0 Å². The lowest BCUT2D eigenvalue weighted by molar-refractivity contribution is 0.00246. The average Bonchev–Trinajstić information content (AvgIpc) is 3.45. The second-order valence-corrected chi connectivity index (χ2v) is 9.13. The van der Waals surface area contributed by atoms with Gasteiger partial charge >= 0.3 is 0 Å². The lowest BCUT2D eigenvalue weighted by Gasteiger charge is -2.37. The van der Waals surface area contributed by atoms with Gasteiger partial charge in [0.05, 0.1) is 19.8 Å². The van der Waals surface area contributed by atoms with E-state index in [1.165, 1.54) is 5.56 Å². The van der Waals surface area contributed by atoms with E-state index >= 15 is 0 Å². The zero-order valence-electron chi connectivity index (χ0n) is 19.1. The van der Waals surface area contributed by atoms with Crippen LogP contribution in [-0.2, 0) is 16.0 Å². The van der Waals surface area contributed by atoms with Crippen molar-refractivity contribution in [2.45, 2.75) is 44.4 Å². The van der Waals surface area contributed by atoms with Crippen molar-refractivity contribution in [1.29, 1.82) is 0 Å². The van der Waals surface area contributed by atoms with Crippen molar-refractivity contribution >= 4 is 5.96 Å². The highest BCUT2D eigenvalue weighted by molar-refractivity contribution is 5.80. The van der Waals surface area contributed by atoms with E-state index in [2.05, 4.69) is 62.7 Å². The molecule has 1 aromatic carbocycles. The Kier molecular flexibility index (Phi) is 8.19. The molecule has 4 rings (SSSR count). The summed E-state index contributed by atoms with van der Waals surface area (Å²) in [7, 11) is 1.87. The van der Waals surface area contributed by atoms with Crippen LogP contribution in [0.4, 0.5) is 0 Å². The number of hydrogen-bond donors (Lipinski definition) is 2. The van der Waals surface area contributed by atoms with E-state index < -0.39 is 0 Å². The van der Waals surface area contributed by atoms with Crippen LogP contribution in [-0.4, -0.2) is 93.5 Å². The first kappa shape index (κ1) is 22.5. The highest BCUT2D eigenvalue weighted by atomic mass is 16.5. The van der Waals surface area contributed by atoms with Crippen LogP contribution in [0.3, 0.4) is 0 Å². The Labute approximate surface area is 187 Å². The Morgan fingerprint density at radius 3 is 2.68 bits per heavy atom. The Morgan fingerprint density at radius 2 is 1.97 bits per heavy atom. The van der Waals surface area contributed by atoms with Crippen LogP contribution < -0.4 is 10.6 Å². The summed E-state index contributed by atoms with van der Waals surface area (Å²) >= 11 is 0. The maximum Gasteiger partial charge on any atom is 0.191 e. The molecule has 0 radical (unpaired) electrons. The van der Waals surface area contributed by atoms with Gasteiger partial charge in [-0.1, -0.05) is 30.3 Å². The SMILES string of the molecule is CN=C(NCC(C1CCOC1)N1CCOCC1)NC1CC(C)N(Cc2ccccc2)C1. The number of guanidine groups is 1. The highest BCUT2D eigenvalue weighted by Gasteiger charge is 2.33. The highest BCUT2D eigenvalue weighted by Crippen LogP contribution is 2.22. The predicted molar refractivity (Wildman–Crippen MR) is 124 cm³/mol. The van der Waals surface area contributed by atoms with Crippen LogP contribution in [0.25, 0.3) is 0 Å². The molecular formula is C24H39N5O2. The van der Waals surface area contributed by atoms with Crippen LogP contribution in [0.5, 0.6) is 0 Å². The molecule has 7 nitrogen and oxygen atoms in total. The van der Waals surface area contributed by atoms with E-state index in [1.54, 1.807) is 0 Å². The molecule has 0 amide bonds. The Bertz CT molecular complexity index is 688. The number of nitrogens with zero attached hydrogens (tertiary/aromatic N) is 3. The molecule has 7 heteroatoms. The topological polar surface area (TPSA) is 61.4 Å². The minimum atomic E-state index is 0.418. The molecule has 3 heterocycles. The first-order chi connectivity index (χ1) is 15.2. The zero-order valence-corrected chi connectivity index (χ0v) is 19.1. The zero-order chi connectivity index (χ0) is 21.5. The fraction of sp³-hybridized carbons (Fsp3) is 0.708. The lowest BCUT2D eigenvalue weighted by atomic mass is 9.97. The summed E-state index contributed by atoms with van der Waals surface area (Å²) < 4.78 is 11.3. The van der Waals surface area contributed by atoms with Gasteiger partial charge in [-0.3, -0.25) is 14.8 Å². The van der Waals surface area contributed by atoms with Crippen LogP contribution in [0.15, 0.2) is 35.3 Å². The largest absolute Gasteiger partial charge is 0.381 e. The first-order valence-corrected chi connectivity index (χ1v) is 11.9. The summed E-state index contributed by atoms with van der Waals surface area (Å²) in [5, 5.41) is 7.32. The maximum atomic E-state index is 5.70. The molecule has 3 fully saturated rings. The summed E-state index contributed by atoms with van der Waals surface area (Å²) in [5.74, 6) is 1.49. The quantitative estimate of drug-likeness (QED) is 0.507. The molecule has 0 aliphatic carbocycles. The Balaban J connectivity index is 1.29. The molecule has 4 atom stereocenters. The molecule has 3 saturated heterocycles.